The first-order valence-corrected chi connectivity index (χ1v) is 13.7. The summed E-state index contributed by atoms with van der Waals surface area (Å²) in [6, 6.07) is 7.91. The number of hydrogen-bond donors (Lipinski definition) is 2. The van der Waals surface area contributed by atoms with E-state index in [2.05, 4.69) is 39.1 Å². The van der Waals surface area contributed by atoms with E-state index in [0.29, 0.717) is 40.6 Å². The molecule has 2 bridgehead atoms. The molecule has 4 heterocycles. The van der Waals surface area contributed by atoms with E-state index in [4.69, 9.17) is 21.6 Å². The fourth-order valence-corrected chi connectivity index (χ4v) is 6.15. The third-order valence-corrected chi connectivity index (χ3v) is 8.29. The largest absolute Gasteiger partial charge is 0.508 e. The molecule has 10 heteroatoms. The number of benzene rings is 2. The summed E-state index contributed by atoms with van der Waals surface area (Å²) in [5.74, 6) is 0.770. The van der Waals surface area contributed by atoms with Gasteiger partial charge in [0.05, 0.1) is 5.02 Å². The van der Waals surface area contributed by atoms with Gasteiger partial charge in [-0.1, -0.05) is 17.7 Å². The summed E-state index contributed by atoms with van der Waals surface area (Å²) in [6.07, 6.45) is 7.46. The number of aliphatic imine (C=N–C) groups is 1. The highest BCUT2D eigenvalue weighted by atomic mass is 35.5. The van der Waals surface area contributed by atoms with Gasteiger partial charge in [0.25, 0.3) is 0 Å². The molecule has 2 atom stereocenters. The Morgan fingerprint density at radius 2 is 1.82 bits per heavy atom. The van der Waals surface area contributed by atoms with E-state index in [9.17, 15) is 5.11 Å². The van der Waals surface area contributed by atoms with E-state index in [1.54, 1.807) is 43.6 Å². The second kappa shape index (κ2) is 10.4. The van der Waals surface area contributed by atoms with E-state index >= 15 is 4.39 Å². The van der Waals surface area contributed by atoms with Crippen molar-refractivity contribution in [3.8, 4) is 16.9 Å². The van der Waals surface area contributed by atoms with Gasteiger partial charge in [-0.3, -0.25) is 4.99 Å². The van der Waals surface area contributed by atoms with Crippen LogP contribution in [0, 0.1) is 5.82 Å². The average molecular weight is 550 g/mol. The van der Waals surface area contributed by atoms with Gasteiger partial charge in [-0.25, -0.2) is 9.37 Å². The van der Waals surface area contributed by atoms with Crippen LogP contribution in [0.5, 0.6) is 5.75 Å². The molecule has 2 N–H and O–H groups in total. The summed E-state index contributed by atoms with van der Waals surface area (Å²) in [4.78, 5) is 20.2. The highest BCUT2D eigenvalue weighted by molar-refractivity contribution is 6.34. The number of aromatic nitrogens is 2. The fraction of sp³-hybridized carbons (Fsp3) is 0.414. The molecule has 3 fully saturated rings. The lowest BCUT2D eigenvalue weighted by Crippen LogP contribution is -2.58. The normalized spacial score (nSPS) is 21.7. The number of allylic oxidation sites excluding steroid dienone is 1. The van der Waals surface area contributed by atoms with Crippen molar-refractivity contribution in [2.24, 2.45) is 4.99 Å². The number of hydrogen-bond acceptors (Lipinski definition) is 8. The van der Waals surface area contributed by atoms with Gasteiger partial charge in [0.1, 0.15) is 17.1 Å². The van der Waals surface area contributed by atoms with E-state index < -0.39 is 5.82 Å². The molecule has 3 aliphatic rings. The molecule has 204 valence electrons. The molecule has 0 aliphatic carbocycles. The minimum atomic E-state index is -0.513. The van der Waals surface area contributed by atoms with Crippen molar-refractivity contribution in [2.45, 2.75) is 31.0 Å². The number of phenolic OH excluding ortho intramolecular Hbond substituents is 1. The van der Waals surface area contributed by atoms with Crippen LogP contribution in [0.25, 0.3) is 28.1 Å². The Morgan fingerprint density at radius 1 is 1.08 bits per heavy atom. The SMILES string of the molecule is CN=C/C=C\c1cc(O)cc(-c2c(Cl)cc3c(N4CC5CCC(C4)N5)nc(N4CC(N(C)C)C4)nc3c2F)c1. The first-order valence-electron chi connectivity index (χ1n) is 13.4. The number of likely N-dealkylation sites (N-methyl/N-ethyl adjacent to an activating group) is 1. The highest BCUT2D eigenvalue weighted by Crippen LogP contribution is 2.41. The minimum absolute atomic E-state index is 0.0202. The Balaban J connectivity index is 1.49. The van der Waals surface area contributed by atoms with Gasteiger partial charge < -0.3 is 25.1 Å². The number of phenols is 1. The van der Waals surface area contributed by atoms with Crippen molar-refractivity contribution >= 4 is 46.6 Å². The number of piperazine rings is 1. The number of aromatic hydroxyl groups is 1. The molecule has 6 rings (SSSR count). The van der Waals surface area contributed by atoms with Gasteiger partial charge in [0, 0.05) is 68.5 Å². The zero-order chi connectivity index (χ0) is 27.3. The third-order valence-electron chi connectivity index (χ3n) is 8.00. The van der Waals surface area contributed by atoms with Crippen LogP contribution in [0.3, 0.4) is 0 Å². The molecule has 3 aromatic rings. The van der Waals surface area contributed by atoms with Gasteiger partial charge in [-0.05, 0) is 68.4 Å². The molecule has 8 nitrogen and oxygen atoms in total. The Hall–Kier alpha value is -3.27. The molecular formula is C29H33ClFN7O. The minimum Gasteiger partial charge on any atom is -0.508 e. The fourth-order valence-electron chi connectivity index (χ4n) is 5.85. The summed E-state index contributed by atoms with van der Waals surface area (Å²) >= 11 is 6.79. The molecule has 0 spiro atoms. The van der Waals surface area contributed by atoms with Crippen LogP contribution in [0.4, 0.5) is 16.2 Å². The quantitative estimate of drug-likeness (QED) is 0.446. The van der Waals surface area contributed by atoms with Gasteiger partial charge >= 0.3 is 0 Å². The maximum atomic E-state index is 16.5. The number of nitrogens with zero attached hydrogens (tertiary/aromatic N) is 6. The first-order chi connectivity index (χ1) is 18.8. The van der Waals surface area contributed by atoms with E-state index in [-0.39, 0.29) is 21.9 Å². The number of nitrogens with one attached hydrogen (secondary N) is 1. The van der Waals surface area contributed by atoms with Crippen molar-refractivity contribution < 1.29 is 9.50 Å². The molecule has 3 aliphatic heterocycles. The summed E-state index contributed by atoms with van der Waals surface area (Å²) in [5.41, 5.74) is 1.64. The van der Waals surface area contributed by atoms with Crippen molar-refractivity contribution in [1.29, 1.82) is 0 Å². The molecule has 0 amide bonds. The maximum Gasteiger partial charge on any atom is 0.228 e. The van der Waals surface area contributed by atoms with E-state index in [1.165, 1.54) is 6.07 Å². The summed E-state index contributed by atoms with van der Waals surface area (Å²) in [5, 5.41) is 14.9. The second-order valence-corrected chi connectivity index (χ2v) is 11.3. The van der Waals surface area contributed by atoms with Gasteiger partial charge in [-0.2, -0.15) is 4.98 Å². The van der Waals surface area contributed by atoms with Gasteiger partial charge in [0.15, 0.2) is 5.82 Å². The molecular weight excluding hydrogens is 517 g/mol. The Labute approximate surface area is 232 Å². The summed E-state index contributed by atoms with van der Waals surface area (Å²) < 4.78 is 16.5. The van der Waals surface area contributed by atoms with Crippen molar-refractivity contribution in [3.05, 3.63) is 46.7 Å². The molecule has 2 aromatic carbocycles. The lowest BCUT2D eigenvalue weighted by atomic mass is 9.99. The second-order valence-electron chi connectivity index (χ2n) is 10.9. The zero-order valence-corrected chi connectivity index (χ0v) is 23.2. The molecule has 0 saturated carbocycles. The Morgan fingerprint density at radius 3 is 2.51 bits per heavy atom. The van der Waals surface area contributed by atoms with Gasteiger partial charge in [0.2, 0.25) is 5.95 Å². The number of anilines is 2. The third kappa shape index (κ3) is 4.95. The summed E-state index contributed by atoms with van der Waals surface area (Å²) in [7, 11) is 5.80. The van der Waals surface area contributed by atoms with E-state index in [0.717, 1.165) is 44.8 Å². The Bertz CT molecular complexity index is 1460. The standard InChI is InChI=1S/C29H33ClFN7O/c1-32-8-4-5-17-9-18(11-22(39)10-17)25-24(30)12-23-27(26(25)31)34-29(38-15-21(16-38)36(2)3)35-28(23)37-13-19-6-7-20(14-37)33-19/h4-5,8-12,19-21,33,39H,6-7,13-16H2,1-3H3/b5-4-,32-8?. The predicted molar refractivity (Wildman–Crippen MR) is 157 cm³/mol. The molecule has 2 unspecified atom stereocenters. The zero-order valence-electron chi connectivity index (χ0n) is 22.4. The summed E-state index contributed by atoms with van der Waals surface area (Å²) in [6.45, 7) is 3.20. The molecule has 39 heavy (non-hydrogen) atoms. The smallest absolute Gasteiger partial charge is 0.228 e. The Kier molecular flexibility index (Phi) is 6.91. The van der Waals surface area contributed by atoms with Crippen LogP contribution in [-0.2, 0) is 0 Å². The first kappa shape index (κ1) is 26.0. The lowest BCUT2D eigenvalue weighted by molar-refractivity contribution is 0.245. The van der Waals surface area contributed by atoms with Crippen molar-refractivity contribution in [3.63, 3.8) is 0 Å². The monoisotopic (exact) mass is 549 g/mol. The van der Waals surface area contributed by atoms with Crippen LogP contribution in [0.2, 0.25) is 5.02 Å². The number of rotatable bonds is 6. The lowest BCUT2D eigenvalue weighted by Gasteiger charge is -2.43. The van der Waals surface area contributed by atoms with Crippen LogP contribution >= 0.6 is 11.6 Å². The predicted octanol–water partition coefficient (Wildman–Crippen LogP) is 4.20. The average Bonchev–Trinajstić information content (AvgIpc) is 3.20. The molecule has 0 radical (unpaired) electrons. The van der Waals surface area contributed by atoms with E-state index in [1.807, 2.05) is 0 Å². The molecule has 3 saturated heterocycles. The number of fused-ring (bicyclic) bond motifs is 3. The van der Waals surface area contributed by atoms with Crippen molar-refractivity contribution in [2.75, 3.05) is 57.1 Å². The highest BCUT2D eigenvalue weighted by Gasteiger charge is 2.36. The van der Waals surface area contributed by atoms with Crippen molar-refractivity contribution in [1.82, 2.24) is 20.2 Å². The van der Waals surface area contributed by atoms with Gasteiger partial charge in [-0.15, -0.1) is 0 Å². The number of halogens is 2. The van der Waals surface area contributed by atoms with Crippen LogP contribution in [-0.4, -0.2) is 91.6 Å². The maximum absolute atomic E-state index is 16.5. The topological polar surface area (TPSA) is 80.1 Å². The van der Waals surface area contributed by atoms with Crippen LogP contribution in [0.1, 0.15) is 18.4 Å². The molecule has 1 aromatic heterocycles. The van der Waals surface area contributed by atoms with Crippen LogP contribution < -0.4 is 15.1 Å². The van der Waals surface area contributed by atoms with Crippen LogP contribution in [0.15, 0.2) is 35.3 Å².